The van der Waals surface area contributed by atoms with Gasteiger partial charge in [0.05, 0.1) is 0 Å². The van der Waals surface area contributed by atoms with Crippen LogP contribution < -0.4 is 4.74 Å². The Balaban J connectivity index is 2.88. The first kappa shape index (κ1) is 12.8. The van der Waals surface area contributed by atoms with Crippen LogP contribution in [0.25, 0.3) is 0 Å². The lowest BCUT2D eigenvalue weighted by atomic mass is 10.3. The third-order valence-electron chi connectivity index (χ3n) is 1.75. The molecule has 0 aliphatic carbocycles. The van der Waals surface area contributed by atoms with Crippen molar-refractivity contribution in [3.8, 4) is 5.75 Å². The number of allylic oxidation sites excluding steroid dienone is 1. The van der Waals surface area contributed by atoms with E-state index in [4.69, 9.17) is 4.74 Å². The molecule has 0 N–H and O–H groups in total. The van der Waals surface area contributed by atoms with Crippen LogP contribution in [0.15, 0.2) is 40.7 Å². The molecular formula is C12H14BrNO2. The largest absolute Gasteiger partial charge is 0.452 e. The molecule has 0 unspecified atom stereocenters. The molecule has 0 aromatic heterocycles. The number of hydrogen-bond donors (Lipinski definition) is 0. The molecule has 0 atom stereocenters. The van der Waals surface area contributed by atoms with Gasteiger partial charge < -0.3 is 9.64 Å². The predicted molar refractivity (Wildman–Crippen MR) is 67.2 cm³/mol. The van der Waals surface area contributed by atoms with Gasteiger partial charge in [0.2, 0.25) is 0 Å². The van der Waals surface area contributed by atoms with E-state index in [1.54, 1.807) is 17.2 Å². The lowest BCUT2D eigenvalue weighted by Gasteiger charge is -2.11. The Morgan fingerprint density at radius 1 is 1.44 bits per heavy atom. The highest BCUT2D eigenvalue weighted by Gasteiger charge is 2.07. The molecule has 0 saturated heterocycles. The van der Waals surface area contributed by atoms with E-state index in [-0.39, 0.29) is 5.78 Å². The van der Waals surface area contributed by atoms with Crippen LogP contribution in [0.2, 0.25) is 0 Å². The fourth-order valence-corrected chi connectivity index (χ4v) is 1.46. The molecule has 1 aromatic rings. The zero-order valence-corrected chi connectivity index (χ0v) is 11.1. The maximum Gasteiger partial charge on any atom is 0.196 e. The maximum atomic E-state index is 11.3. The van der Waals surface area contributed by atoms with Crippen LogP contribution in [0.5, 0.6) is 5.75 Å². The monoisotopic (exact) mass is 283 g/mol. The smallest absolute Gasteiger partial charge is 0.196 e. The van der Waals surface area contributed by atoms with Crippen LogP contribution in [0, 0.1) is 0 Å². The number of halogens is 1. The van der Waals surface area contributed by atoms with Crippen molar-refractivity contribution in [2.75, 3.05) is 14.1 Å². The van der Waals surface area contributed by atoms with E-state index in [2.05, 4.69) is 15.9 Å². The number of ether oxygens (including phenoxy) is 1. The molecule has 3 nitrogen and oxygen atoms in total. The van der Waals surface area contributed by atoms with Gasteiger partial charge in [0, 0.05) is 31.7 Å². The van der Waals surface area contributed by atoms with Crippen molar-refractivity contribution in [3.63, 3.8) is 0 Å². The second-order valence-electron chi connectivity index (χ2n) is 3.57. The van der Waals surface area contributed by atoms with E-state index < -0.39 is 0 Å². The van der Waals surface area contributed by atoms with Gasteiger partial charge in [-0.25, -0.2) is 0 Å². The predicted octanol–water partition coefficient (Wildman–Crippen LogP) is 2.82. The minimum absolute atomic E-state index is 0.103. The summed E-state index contributed by atoms with van der Waals surface area (Å²) in [6.45, 7) is 1.48. The fourth-order valence-electron chi connectivity index (χ4n) is 1.08. The van der Waals surface area contributed by atoms with Crippen LogP contribution in [0.4, 0.5) is 0 Å². The number of nitrogens with zero attached hydrogens (tertiary/aromatic N) is 1. The summed E-state index contributed by atoms with van der Waals surface area (Å²) in [6, 6.07) is 7.37. The Bertz CT molecular complexity index is 413. The van der Waals surface area contributed by atoms with Crippen molar-refractivity contribution in [2.45, 2.75) is 6.92 Å². The van der Waals surface area contributed by atoms with E-state index >= 15 is 0 Å². The van der Waals surface area contributed by atoms with Gasteiger partial charge >= 0.3 is 0 Å². The fraction of sp³-hybridized carbons (Fsp3) is 0.250. The molecule has 1 aromatic carbocycles. The second kappa shape index (κ2) is 5.70. The summed E-state index contributed by atoms with van der Waals surface area (Å²) in [5, 5.41) is 0. The molecule has 0 aliphatic heterocycles. The van der Waals surface area contributed by atoms with Crippen LogP contribution in [0.3, 0.4) is 0 Å². The Hall–Kier alpha value is -1.29. The zero-order chi connectivity index (χ0) is 12.1. The Morgan fingerprint density at radius 3 is 2.62 bits per heavy atom. The van der Waals surface area contributed by atoms with Crippen molar-refractivity contribution in [1.82, 2.24) is 4.90 Å². The first-order chi connectivity index (χ1) is 7.49. The summed E-state index contributed by atoms with van der Waals surface area (Å²) < 4.78 is 6.42. The van der Waals surface area contributed by atoms with Crippen LogP contribution in [-0.2, 0) is 4.79 Å². The summed E-state index contributed by atoms with van der Waals surface area (Å²) in [5.41, 5.74) is 0. The minimum atomic E-state index is -0.103. The quantitative estimate of drug-likeness (QED) is 0.629. The average Bonchev–Trinajstić information content (AvgIpc) is 2.15. The van der Waals surface area contributed by atoms with Crippen LogP contribution >= 0.6 is 15.9 Å². The highest BCUT2D eigenvalue weighted by atomic mass is 79.9. The Morgan fingerprint density at radius 2 is 2.12 bits per heavy atom. The van der Waals surface area contributed by atoms with E-state index in [1.165, 1.54) is 6.92 Å². The minimum Gasteiger partial charge on any atom is -0.452 e. The molecule has 0 saturated carbocycles. The van der Waals surface area contributed by atoms with Gasteiger partial charge in [-0.15, -0.1) is 0 Å². The van der Waals surface area contributed by atoms with E-state index in [1.807, 2.05) is 32.3 Å². The van der Waals surface area contributed by atoms with Gasteiger partial charge in [-0.1, -0.05) is 22.0 Å². The molecule has 0 amide bonds. The summed E-state index contributed by atoms with van der Waals surface area (Å²) in [5.74, 6) is 0.856. The number of carbonyl (C=O) groups excluding carboxylic acids is 1. The number of carbonyl (C=O) groups is 1. The number of ketones is 1. The van der Waals surface area contributed by atoms with Gasteiger partial charge in [0.1, 0.15) is 5.75 Å². The molecule has 0 heterocycles. The highest BCUT2D eigenvalue weighted by molar-refractivity contribution is 9.10. The highest BCUT2D eigenvalue weighted by Crippen LogP contribution is 2.20. The molecule has 0 fully saturated rings. The lowest BCUT2D eigenvalue weighted by Crippen LogP contribution is -2.11. The third kappa shape index (κ3) is 4.06. The SMILES string of the molecule is CC(=O)C(=CN(C)C)Oc1cccc(Br)c1. The molecular weight excluding hydrogens is 270 g/mol. The summed E-state index contributed by atoms with van der Waals surface area (Å²) in [4.78, 5) is 13.1. The number of benzene rings is 1. The first-order valence-electron chi connectivity index (χ1n) is 4.81. The van der Waals surface area contributed by atoms with E-state index in [0.717, 1.165) is 4.47 Å². The van der Waals surface area contributed by atoms with Crippen molar-refractivity contribution in [3.05, 3.63) is 40.7 Å². The Labute approximate surface area is 104 Å². The first-order valence-corrected chi connectivity index (χ1v) is 5.61. The second-order valence-corrected chi connectivity index (χ2v) is 4.49. The molecule has 0 spiro atoms. The molecule has 0 bridgehead atoms. The van der Waals surface area contributed by atoms with E-state index in [0.29, 0.717) is 11.5 Å². The van der Waals surface area contributed by atoms with Gasteiger partial charge in [-0.3, -0.25) is 4.79 Å². The zero-order valence-electron chi connectivity index (χ0n) is 9.53. The molecule has 1 rings (SSSR count). The normalized spacial score (nSPS) is 11.1. The summed E-state index contributed by atoms with van der Waals surface area (Å²) >= 11 is 3.35. The van der Waals surface area contributed by atoms with Gasteiger partial charge in [-0.2, -0.15) is 0 Å². The molecule has 0 radical (unpaired) electrons. The van der Waals surface area contributed by atoms with Crippen molar-refractivity contribution in [1.29, 1.82) is 0 Å². The number of Topliss-reactive ketones (excluding diaryl/α,β-unsaturated/α-hetero) is 1. The van der Waals surface area contributed by atoms with Gasteiger partial charge in [0.25, 0.3) is 0 Å². The molecule has 0 aliphatic rings. The maximum absolute atomic E-state index is 11.3. The van der Waals surface area contributed by atoms with E-state index in [9.17, 15) is 4.79 Å². The average molecular weight is 284 g/mol. The van der Waals surface area contributed by atoms with Gasteiger partial charge in [0.15, 0.2) is 11.5 Å². The van der Waals surface area contributed by atoms with Crippen LogP contribution in [0.1, 0.15) is 6.92 Å². The van der Waals surface area contributed by atoms with Crippen molar-refractivity contribution < 1.29 is 9.53 Å². The third-order valence-corrected chi connectivity index (χ3v) is 2.24. The standard InChI is InChI=1S/C12H14BrNO2/c1-9(15)12(8-14(2)3)16-11-6-4-5-10(13)7-11/h4-8H,1-3H3. The lowest BCUT2D eigenvalue weighted by molar-refractivity contribution is -0.115. The summed E-state index contributed by atoms with van der Waals surface area (Å²) in [7, 11) is 3.68. The number of hydrogen-bond acceptors (Lipinski definition) is 3. The summed E-state index contributed by atoms with van der Waals surface area (Å²) in [6.07, 6.45) is 1.66. The van der Waals surface area contributed by atoms with Gasteiger partial charge in [-0.05, 0) is 18.2 Å². The van der Waals surface area contributed by atoms with Crippen LogP contribution in [-0.4, -0.2) is 24.8 Å². The van der Waals surface area contributed by atoms with Crippen molar-refractivity contribution >= 4 is 21.7 Å². The molecule has 4 heteroatoms. The number of rotatable bonds is 4. The van der Waals surface area contributed by atoms with Crippen molar-refractivity contribution in [2.24, 2.45) is 0 Å². The molecule has 16 heavy (non-hydrogen) atoms. The molecule has 86 valence electrons. The Kier molecular flexibility index (Phi) is 4.55. The topological polar surface area (TPSA) is 29.5 Å².